The van der Waals surface area contributed by atoms with E-state index in [4.69, 9.17) is 0 Å². The normalized spacial score (nSPS) is 24.9. The number of hydrogen-bond donors (Lipinski definition) is 0. The second kappa shape index (κ2) is 6.28. The summed E-state index contributed by atoms with van der Waals surface area (Å²) in [5.41, 5.74) is 3.01. The lowest BCUT2D eigenvalue weighted by Crippen LogP contribution is -2.44. The van der Waals surface area contributed by atoms with Gasteiger partial charge in [0.25, 0.3) is 0 Å². The van der Waals surface area contributed by atoms with Crippen LogP contribution in [0.25, 0.3) is 6.08 Å². The predicted octanol–water partition coefficient (Wildman–Crippen LogP) is 4.91. The van der Waals surface area contributed by atoms with E-state index in [1.807, 2.05) is 18.2 Å². The average Bonchev–Trinajstić information content (AvgIpc) is 2.58. The van der Waals surface area contributed by atoms with Gasteiger partial charge in [0.1, 0.15) is 0 Å². The molecule has 2 aliphatic rings. The lowest BCUT2D eigenvalue weighted by molar-refractivity contribution is 0.0753. The summed E-state index contributed by atoms with van der Waals surface area (Å²) < 4.78 is 0. The Bertz CT molecular complexity index is 583. The second-order valence-corrected chi connectivity index (χ2v) is 6.68. The standard InChI is InChI=1S/C20H27NO/c1-3-12-20(4-2)18(21-13-8-5-9-14-21)15-16-10-6-7-11-17(16)19(20)22/h6-7,10-11,15H,3-5,8-9,12-14H2,1-2H3. The third-order valence-electron chi connectivity index (χ3n) is 5.40. The van der Waals surface area contributed by atoms with E-state index >= 15 is 0 Å². The monoisotopic (exact) mass is 297 g/mol. The van der Waals surface area contributed by atoms with Gasteiger partial charge < -0.3 is 4.90 Å². The van der Waals surface area contributed by atoms with Crippen molar-refractivity contribution in [1.29, 1.82) is 0 Å². The summed E-state index contributed by atoms with van der Waals surface area (Å²) in [6.07, 6.45) is 9.03. The van der Waals surface area contributed by atoms with Crippen LogP contribution in [0, 0.1) is 5.41 Å². The molecule has 1 aliphatic heterocycles. The molecule has 22 heavy (non-hydrogen) atoms. The highest BCUT2D eigenvalue weighted by atomic mass is 16.1. The van der Waals surface area contributed by atoms with Gasteiger partial charge in [0, 0.05) is 24.4 Å². The van der Waals surface area contributed by atoms with Gasteiger partial charge in [-0.1, -0.05) is 44.5 Å². The first-order valence-corrected chi connectivity index (χ1v) is 8.84. The average molecular weight is 297 g/mol. The van der Waals surface area contributed by atoms with Gasteiger partial charge >= 0.3 is 0 Å². The van der Waals surface area contributed by atoms with Gasteiger partial charge in [-0.3, -0.25) is 4.79 Å². The number of hydrogen-bond acceptors (Lipinski definition) is 2. The molecule has 0 bridgehead atoms. The lowest BCUT2D eigenvalue weighted by Gasteiger charge is -2.44. The highest BCUT2D eigenvalue weighted by molar-refractivity contribution is 6.08. The lowest BCUT2D eigenvalue weighted by atomic mass is 9.67. The van der Waals surface area contributed by atoms with Crippen molar-refractivity contribution in [3.8, 4) is 0 Å². The van der Waals surface area contributed by atoms with Crippen molar-refractivity contribution in [2.45, 2.75) is 52.4 Å². The highest BCUT2D eigenvalue weighted by Crippen LogP contribution is 2.46. The molecular formula is C20H27NO. The Morgan fingerprint density at radius 1 is 1.09 bits per heavy atom. The number of rotatable bonds is 4. The van der Waals surface area contributed by atoms with Crippen LogP contribution in [0.15, 0.2) is 30.0 Å². The van der Waals surface area contributed by atoms with E-state index in [0.29, 0.717) is 5.78 Å². The molecular weight excluding hydrogens is 270 g/mol. The molecule has 3 rings (SSSR count). The van der Waals surface area contributed by atoms with Crippen LogP contribution in [0.2, 0.25) is 0 Å². The van der Waals surface area contributed by atoms with E-state index in [0.717, 1.165) is 43.5 Å². The Morgan fingerprint density at radius 3 is 2.50 bits per heavy atom. The maximum Gasteiger partial charge on any atom is 0.175 e. The molecule has 1 fully saturated rings. The second-order valence-electron chi connectivity index (χ2n) is 6.68. The van der Waals surface area contributed by atoms with Crippen molar-refractivity contribution in [3.05, 3.63) is 41.1 Å². The van der Waals surface area contributed by atoms with Crippen molar-refractivity contribution in [2.24, 2.45) is 5.41 Å². The van der Waals surface area contributed by atoms with Crippen LogP contribution in [0.1, 0.15) is 68.3 Å². The van der Waals surface area contributed by atoms with Crippen molar-refractivity contribution < 1.29 is 4.79 Å². The van der Waals surface area contributed by atoms with Gasteiger partial charge in [0.2, 0.25) is 0 Å². The third kappa shape index (κ3) is 2.39. The summed E-state index contributed by atoms with van der Waals surface area (Å²) in [4.78, 5) is 15.8. The van der Waals surface area contributed by atoms with Gasteiger partial charge in [-0.25, -0.2) is 0 Å². The van der Waals surface area contributed by atoms with E-state index in [1.165, 1.54) is 25.0 Å². The zero-order valence-corrected chi connectivity index (χ0v) is 13.9. The maximum atomic E-state index is 13.3. The first-order chi connectivity index (χ1) is 10.7. The fourth-order valence-electron chi connectivity index (χ4n) is 4.20. The molecule has 1 aromatic carbocycles. The molecule has 0 saturated carbocycles. The Hall–Kier alpha value is -1.57. The largest absolute Gasteiger partial charge is 0.374 e. The minimum Gasteiger partial charge on any atom is -0.374 e. The van der Waals surface area contributed by atoms with Crippen LogP contribution >= 0.6 is 0 Å². The number of likely N-dealkylation sites (tertiary alicyclic amines) is 1. The molecule has 1 atom stereocenters. The van der Waals surface area contributed by atoms with Crippen LogP contribution in [0.3, 0.4) is 0 Å². The van der Waals surface area contributed by atoms with E-state index in [1.54, 1.807) is 0 Å². The van der Waals surface area contributed by atoms with Crippen molar-refractivity contribution in [1.82, 2.24) is 4.90 Å². The number of fused-ring (bicyclic) bond motifs is 1. The molecule has 1 aromatic rings. The molecule has 1 unspecified atom stereocenters. The minimum absolute atomic E-state index is 0.305. The van der Waals surface area contributed by atoms with Gasteiger partial charge in [0.05, 0.1) is 5.41 Å². The highest BCUT2D eigenvalue weighted by Gasteiger charge is 2.45. The number of carbonyl (C=O) groups is 1. The van der Waals surface area contributed by atoms with Crippen LogP contribution in [0.5, 0.6) is 0 Å². The molecule has 0 amide bonds. The Balaban J connectivity index is 2.11. The Morgan fingerprint density at radius 2 is 1.82 bits per heavy atom. The number of ketones is 1. The van der Waals surface area contributed by atoms with Crippen LogP contribution in [-0.2, 0) is 0 Å². The first-order valence-electron chi connectivity index (χ1n) is 8.84. The van der Waals surface area contributed by atoms with Crippen LogP contribution in [-0.4, -0.2) is 23.8 Å². The molecule has 0 N–H and O–H groups in total. The fraction of sp³-hybridized carbons (Fsp3) is 0.550. The van der Waals surface area contributed by atoms with Gasteiger partial charge in [0.15, 0.2) is 5.78 Å². The predicted molar refractivity (Wildman–Crippen MR) is 91.8 cm³/mol. The minimum atomic E-state index is -0.305. The molecule has 0 radical (unpaired) electrons. The number of benzene rings is 1. The number of piperidine rings is 1. The summed E-state index contributed by atoms with van der Waals surface area (Å²) in [5.74, 6) is 0.343. The quantitative estimate of drug-likeness (QED) is 0.787. The Labute approximate surface area is 134 Å². The zero-order valence-electron chi connectivity index (χ0n) is 13.9. The van der Waals surface area contributed by atoms with Crippen LogP contribution < -0.4 is 0 Å². The summed E-state index contributed by atoms with van der Waals surface area (Å²) >= 11 is 0. The van der Waals surface area contributed by atoms with Crippen molar-refractivity contribution in [3.63, 3.8) is 0 Å². The van der Waals surface area contributed by atoms with Gasteiger partial charge in [-0.2, -0.15) is 0 Å². The molecule has 2 nitrogen and oxygen atoms in total. The van der Waals surface area contributed by atoms with Gasteiger partial charge in [-0.15, -0.1) is 0 Å². The van der Waals surface area contributed by atoms with E-state index in [9.17, 15) is 4.79 Å². The summed E-state index contributed by atoms with van der Waals surface area (Å²) in [6, 6.07) is 8.11. The van der Waals surface area contributed by atoms with E-state index < -0.39 is 0 Å². The van der Waals surface area contributed by atoms with Crippen molar-refractivity contribution in [2.75, 3.05) is 13.1 Å². The van der Waals surface area contributed by atoms with E-state index in [2.05, 4.69) is 30.9 Å². The topological polar surface area (TPSA) is 20.3 Å². The molecule has 118 valence electrons. The number of nitrogens with zero attached hydrogens (tertiary/aromatic N) is 1. The maximum absolute atomic E-state index is 13.3. The van der Waals surface area contributed by atoms with E-state index in [-0.39, 0.29) is 5.41 Å². The summed E-state index contributed by atoms with van der Waals surface area (Å²) in [6.45, 7) is 6.58. The smallest absolute Gasteiger partial charge is 0.175 e. The number of allylic oxidation sites excluding steroid dienone is 1. The third-order valence-corrected chi connectivity index (χ3v) is 5.40. The molecule has 2 heteroatoms. The molecule has 1 aliphatic carbocycles. The Kier molecular flexibility index (Phi) is 4.37. The fourth-order valence-corrected chi connectivity index (χ4v) is 4.20. The van der Waals surface area contributed by atoms with Crippen LogP contribution in [0.4, 0.5) is 0 Å². The molecule has 0 spiro atoms. The molecule has 0 aromatic heterocycles. The summed E-state index contributed by atoms with van der Waals surface area (Å²) in [7, 11) is 0. The first kappa shape index (κ1) is 15.3. The summed E-state index contributed by atoms with van der Waals surface area (Å²) in [5, 5.41) is 0. The molecule has 1 heterocycles. The molecule has 1 saturated heterocycles. The SMILES string of the molecule is CCCC1(CC)C(=O)c2ccccc2C=C1N1CCCCC1. The van der Waals surface area contributed by atoms with Gasteiger partial charge in [-0.05, 0) is 43.7 Å². The number of Topliss-reactive ketones (excluding diaryl/α,β-unsaturated/α-hetero) is 1. The number of carbonyl (C=O) groups excluding carboxylic acids is 1. The van der Waals surface area contributed by atoms with Crippen molar-refractivity contribution >= 4 is 11.9 Å². The zero-order chi connectivity index (χ0) is 15.6.